The summed E-state index contributed by atoms with van der Waals surface area (Å²) in [6, 6.07) is 4.99. The molecular formula is C11H14FNS. The minimum atomic E-state index is -0.374. The standard InChI is InChI=1S/C11H14FNS/c12-10-6-3-7-11(13-10)14-8-9-4-1-2-5-9/h3,6-7,9H,1-2,4-5,8H2. The van der Waals surface area contributed by atoms with Crippen LogP contribution < -0.4 is 0 Å². The van der Waals surface area contributed by atoms with Gasteiger partial charge in [-0.25, -0.2) is 4.98 Å². The first-order chi connectivity index (χ1) is 6.84. The number of halogens is 1. The van der Waals surface area contributed by atoms with Gasteiger partial charge in [-0.2, -0.15) is 4.39 Å². The molecule has 14 heavy (non-hydrogen) atoms. The third kappa shape index (κ3) is 2.71. The van der Waals surface area contributed by atoms with E-state index in [1.165, 1.54) is 31.7 Å². The molecule has 0 N–H and O–H groups in total. The van der Waals surface area contributed by atoms with E-state index in [1.807, 2.05) is 6.07 Å². The van der Waals surface area contributed by atoms with Crippen molar-refractivity contribution in [3.63, 3.8) is 0 Å². The number of rotatable bonds is 3. The maximum Gasteiger partial charge on any atom is 0.213 e. The van der Waals surface area contributed by atoms with Crippen molar-refractivity contribution in [1.29, 1.82) is 0 Å². The van der Waals surface area contributed by atoms with Crippen molar-refractivity contribution in [2.24, 2.45) is 5.92 Å². The molecule has 0 radical (unpaired) electrons. The van der Waals surface area contributed by atoms with Gasteiger partial charge in [0.25, 0.3) is 0 Å². The number of pyridine rings is 1. The van der Waals surface area contributed by atoms with Gasteiger partial charge in [-0.05, 0) is 30.9 Å². The molecule has 1 aromatic rings. The first-order valence-corrected chi connectivity index (χ1v) is 6.08. The lowest BCUT2D eigenvalue weighted by Gasteiger charge is -2.06. The summed E-state index contributed by atoms with van der Waals surface area (Å²) in [5, 5.41) is 0.817. The molecule has 0 aliphatic heterocycles. The van der Waals surface area contributed by atoms with Crippen molar-refractivity contribution in [2.75, 3.05) is 5.75 Å². The van der Waals surface area contributed by atoms with Gasteiger partial charge in [-0.15, -0.1) is 11.8 Å². The summed E-state index contributed by atoms with van der Waals surface area (Å²) >= 11 is 1.68. The maximum atomic E-state index is 12.7. The van der Waals surface area contributed by atoms with Gasteiger partial charge in [0, 0.05) is 5.75 Å². The highest BCUT2D eigenvalue weighted by Crippen LogP contribution is 2.30. The van der Waals surface area contributed by atoms with Gasteiger partial charge in [0.2, 0.25) is 5.95 Å². The summed E-state index contributed by atoms with van der Waals surface area (Å²) in [7, 11) is 0. The zero-order valence-corrected chi connectivity index (χ0v) is 8.89. The van der Waals surface area contributed by atoms with Crippen molar-refractivity contribution < 1.29 is 4.39 Å². The van der Waals surface area contributed by atoms with Crippen LogP contribution in [0.25, 0.3) is 0 Å². The molecule has 1 nitrogen and oxygen atoms in total. The molecule has 1 saturated carbocycles. The average Bonchev–Trinajstić information content (AvgIpc) is 2.67. The Labute approximate surface area is 88.1 Å². The lowest BCUT2D eigenvalue weighted by Crippen LogP contribution is -1.97. The molecule has 1 heterocycles. The zero-order chi connectivity index (χ0) is 9.80. The summed E-state index contributed by atoms with van der Waals surface area (Å²) in [6.07, 6.45) is 5.40. The summed E-state index contributed by atoms with van der Waals surface area (Å²) < 4.78 is 12.7. The van der Waals surface area contributed by atoms with E-state index in [0.29, 0.717) is 0 Å². The molecule has 1 aromatic heterocycles. The van der Waals surface area contributed by atoms with Crippen LogP contribution in [0, 0.1) is 11.9 Å². The van der Waals surface area contributed by atoms with E-state index < -0.39 is 0 Å². The van der Waals surface area contributed by atoms with Crippen LogP contribution in [0.5, 0.6) is 0 Å². The van der Waals surface area contributed by atoms with Crippen LogP contribution in [0.15, 0.2) is 23.2 Å². The Hall–Kier alpha value is -0.570. The van der Waals surface area contributed by atoms with Crippen LogP contribution in [0.3, 0.4) is 0 Å². The molecule has 1 aliphatic carbocycles. The zero-order valence-electron chi connectivity index (χ0n) is 8.08. The van der Waals surface area contributed by atoms with Gasteiger partial charge >= 0.3 is 0 Å². The van der Waals surface area contributed by atoms with Gasteiger partial charge < -0.3 is 0 Å². The summed E-state index contributed by atoms with van der Waals surface area (Å²) in [5.41, 5.74) is 0. The smallest absolute Gasteiger partial charge is 0.213 e. The number of thioether (sulfide) groups is 1. The molecule has 0 amide bonds. The topological polar surface area (TPSA) is 12.9 Å². The lowest BCUT2D eigenvalue weighted by molar-refractivity contribution is 0.571. The molecule has 0 aromatic carbocycles. The maximum absolute atomic E-state index is 12.7. The van der Waals surface area contributed by atoms with E-state index in [2.05, 4.69) is 4.98 Å². The summed E-state index contributed by atoms with van der Waals surface area (Å²) in [4.78, 5) is 3.83. The van der Waals surface area contributed by atoms with Gasteiger partial charge in [-0.3, -0.25) is 0 Å². The van der Waals surface area contributed by atoms with E-state index >= 15 is 0 Å². The van der Waals surface area contributed by atoms with Crippen LogP contribution in [0.2, 0.25) is 0 Å². The summed E-state index contributed by atoms with van der Waals surface area (Å²) in [6.45, 7) is 0. The minimum absolute atomic E-state index is 0.374. The second-order valence-corrected chi connectivity index (χ2v) is 4.80. The highest BCUT2D eigenvalue weighted by atomic mass is 32.2. The van der Waals surface area contributed by atoms with Gasteiger partial charge in [0.05, 0.1) is 5.03 Å². The fourth-order valence-corrected chi connectivity index (χ4v) is 2.92. The molecule has 1 fully saturated rings. The highest BCUT2D eigenvalue weighted by Gasteiger charge is 2.15. The van der Waals surface area contributed by atoms with Crippen molar-refractivity contribution in [3.05, 3.63) is 24.1 Å². The average molecular weight is 211 g/mol. The predicted octanol–water partition coefficient (Wildman–Crippen LogP) is 3.50. The minimum Gasteiger partial charge on any atom is -0.213 e. The molecule has 0 spiro atoms. The molecule has 0 bridgehead atoms. The van der Waals surface area contributed by atoms with Crippen molar-refractivity contribution in [3.8, 4) is 0 Å². The fourth-order valence-electron chi connectivity index (χ4n) is 1.85. The van der Waals surface area contributed by atoms with Crippen molar-refractivity contribution >= 4 is 11.8 Å². The van der Waals surface area contributed by atoms with Crippen LogP contribution in [-0.4, -0.2) is 10.7 Å². The molecule has 1 aliphatic rings. The quantitative estimate of drug-likeness (QED) is 0.560. The molecule has 0 unspecified atom stereocenters. The van der Waals surface area contributed by atoms with Crippen LogP contribution in [-0.2, 0) is 0 Å². The molecular weight excluding hydrogens is 197 g/mol. The Morgan fingerprint density at radius 1 is 1.36 bits per heavy atom. The largest absolute Gasteiger partial charge is 0.213 e. The third-order valence-electron chi connectivity index (χ3n) is 2.63. The second-order valence-electron chi connectivity index (χ2n) is 3.76. The van der Waals surface area contributed by atoms with Crippen LogP contribution in [0.1, 0.15) is 25.7 Å². The van der Waals surface area contributed by atoms with E-state index in [-0.39, 0.29) is 5.95 Å². The lowest BCUT2D eigenvalue weighted by atomic mass is 10.1. The van der Waals surface area contributed by atoms with Crippen LogP contribution >= 0.6 is 11.8 Å². The molecule has 0 saturated heterocycles. The van der Waals surface area contributed by atoms with E-state index in [0.717, 1.165) is 16.7 Å². The van der Waals surface area contributed by atoms with Gasteiger partial charge in [0.1, 0.15) is 0 Å². The third-order valence-corrected chi connectivity index (χ3v) is 3.79. The van der Waals surface area contributed by atoms with Gasteiger partial charge in [0.15, 0.2) is 0 Å². The van der Waals surface area contributed by atoms with Crippen molar-refractivity contribution in [2.45, 2.75) is 30.7 Å². The number of hydrogen-bond donors (Lipinski definition) is 0. The second kappa shape index (κ2) is 4.78. The number of nitrogens with zero attached hydrogens (tertiary/aromatic N) is 1. The Morgan fingerprint density at radius 3 is 2.86 bits per heavy atom. The first-order valence-electron chi connectivity index (χ1n) is 5.10. The fraction of sp³-hybridized carbons (Fsp3) is 0.545. The number of hydrogen-bond acceptors (Lipinski definition) is 2. The highest BCUT2D eigenvalue weighted by molar-refractivity contribution is 7.99. The SMILES string of the molecule is Fc1cccc(SCC2CCCC2)n1. The van der Waals surface area contributed by atoms with E-state index in [9.17, 15) is 4.39 Å². The Kier molecular flexibility index (Phi) is 3.40. The Bertz CT molecular complexity index is 297. The van der Waals surface area contributed by atoms with E-state index in [4.69, 9.17) is 0 Å². The molecule has 3 heteroatoms. The Morgan fingerprint density at radius 2 is 2.14 bits per heavy atom. The molecule has 0 atom stereocenters. The first kappa shape index (κ1) is 9.97. The number of aromatic nitrogens is 1. The Balaban J connectivity index is 1.85. The van der Waals surface area contributed by atoms with E-state index in [1.54, 1.807) is 17.8 Å². The van der Waals surface area contributed by atoms with Gasteiger partial charge in [-0.1, -0.05) is 18.9 Å². The molecule has 2 rings (SSSR count). The van der Waals surface area contributed by atoms with Crippen LogP contribution in [0.4, 0.5) is 4.39 Å². The normalized spacial score (nSPS) is 17.5. The monoisotopic (exact) mass is 211 g/mol. The molecule has 76 valence electrons. The summed E-state index contributed by atoms with van der Waals surface area (Å²) in [5.74, 6) is 1.54. The van der Waals surface area contributed by atoms with Crippen molar-refractivity contribution in [1.82, 2.24) is 4.98 Å². The predicted molar refractivity (Wildman–Crippen MR) is 56.9 cm³/mol.